The SMILES string of the molecule is CCN1CCN(S(=O)(=O)c2ccc(NC(=O)c3cccc(S(=O)(=O)NC4CC4)c3)cc2)CC1. The zero-order valence-electron chi connectivity index (χ0n) is 18.4. The van der Waals surface area contributed by atoms with Crippen LogP contribution in [0.3, 0.4) is 0 Å². The predicted molar refractivity (Wildman–Crippen MR) is 125 cm³/mol. The third kappa shape index (κ3) is 5.61. The van der Waals surface area contributed by atoms with Gasteiger partial charge in [0.2, 0.25) is 20.0 Å². The lowest BCUT2D eigenvalue weighted by atomic mass is 10.2. The number of nitrogens with zero attached hydrogens (tertiary/aromatic N) is 2. The summed E-state index contributed by atoms with van der Waals surface area (Å²) in [5.41, 5.74) is 0.610. The number of carbonyl (C=O) groups excluding carboxylic acids is 1. The van der Waals surface area contributed by atoms with Crippen LogP contribution < -0.4 is 10.0 Å². The number of hydrogen-bond acceptors (Lipinski definition) is 6. The highest BCUT2D eigenvalue weighted by molar-refractivity contribution is 7.89. The molecule has 0 spiro atoms. The lowest BCUT2D eigenvalue weighted by Crippen LogP contribution is -2.48. The predicted octanol–water partition coefficient (Wildman–Crippen LogP) is 1.71. The van der Waals surface area contributed by atoms with Gasteiger partial charge < -0.3 is 10.2 Å². The number of nitrogens with one attached hydrogen (secondary N) is 2. The Bertz CT molecular complexity index is 1220. The fourth-order valence-electron chi connectivity index (χ4n) is 3.64. The number of amides is 1. The number of hydrogen-bond donors (Lipinski definition) is 2. The Hall–Kier alpha value is -2.31. The molecule has 178 valence electrons. The van der Waals surface area contributed by atoms with Gasteiger partial charge in [0, 0.05) is 43.5 Å². The van der Waals surface area contributed by atoms with Crippen LogP contribution in [-0.2, 0) is 20.0 Å². The summed E-state index contributed by atoms with van der Waals surface area (Å²) in [6.45, 7) is 5.25. The van der Waals surface area contributed by atoms with Crippen LogP contribution in [0.15, 0.2) is 58.3 Å². The molecular formula is C22H28N4O5S2. The molecule has 0 unspecified atom stereocenters. The van der Waals surface area contributed by atoms with Crippen LogP contribution >= 0.6 is 0 Å². The molecule has 1 saturated carbocycles. The molecule has 1 aliphatic heterocycles. The molecule has 4 rings (SSSR count). The molecule has 0 atom stereocenters. The first-order chi connectivity index (χ1) is 15.7. The van der Waals surface area contributed by atoms with Crippen LogP contribution in [0, 0.1) is 0 Å². The molecule has 2 fully saturated rings. The molecule has 33 heavy (non-hydrogen) atoms. The molecule has 1 saturated heterocycles. The number of anilines is 1. The molecule has 1 aliphatic carbocycles. The molecule has 1 amide bonds. The third-order valence-corrected chi connectivity index (χ3v) is 9.27. The molecule has 2 N–H and O–H groups in total. The van der Waals surface area contributed by atoms with Crippen molar-refractivity contribution in [2.75, 3.05) is 38.0 Å². The van der Waals surface area contributed by atoms with Crippen LogP contribution in [0.4, 0.5) is 5.69 Å². The maximum Gasteiger partial charge on any atom is 0.255 e. The van der Waals surface area contributed by atoms with Gasteiger partial charge in [-0.15, -0.1) is 0 Å². The fourth-order valence-corrected chi connectivity index (χ4v) is 6.41. The molecule has 2 aliphatic rings. The highest BCUT2D eigenvalue weighted by Crippen LogP contribution is 2.23. The van der Waals surface area contributed by atoms with Crippen molar-refractivity contribution < 1.29 is 21.6 Å². The minimum absolute atomic E-state index is 0.0298. The Morgan fingerprint density at radius 2 is 1.61 bits per heavy atom. The van der Waals surface area contributed by atoms with Gasteiger partial charge in [0.25, 0.3) is 5.91 Å². The summed E-state index contributed by atoms with van der Waals surface area (Å²) in [6.07, 6.45) is 1.64. The van der Waals surface area contributed by atoms with Gasteiger partial charge in [-0.3, -0.25) is 4.79 Å². The number of piperazine rings is 1. The van der Waals surface area contributed by atoms with Gasteiger partial charge in [0.1, 0.15) is 0 Å². The van der Waals surface area contributed by atoms with Crippen molar-refractivity contribution in [3.63, 3.8) is 0 Å². The van der Waals surface area contributed by atoms with Crippen molar-refractivity contribution >= 4 is 31.6 Å². The van der Waals surface area contributed by atoms with Gasteiger partial charge in [-0.1, -0.05) is 13.0 Å². The summed E-state index contributed by atoms with van der Waals surface area (Å²) in [5, 5.41) is 2.69. The summed E-state index contributed by atoms with van der Waals surface area (Å²) in [5.74, 6) is -0.482. The van der Waals surface area contributed by atoms with Crippen molar-refractivity contribution in [2.45, 2.75) is 35.6 Å². The number of sulfonamides is 2. The molecule has 0 bridgehead atoms. The third-order valence-electron chi connectivity index (χ3n) is 5.83. The molecule has 0 radical (unpaired) electrons. The van der Waals surface area contributed by atoms with Crippen LogP contribution in [0.25, 0.3) is 0 Å². The first-order valence-electron chi connectivity index (χ1n) is 11.0. The van der Waals surface area contributed by atoms with Gasteiger partial charge in [-0.05, 0) is 61.9 Å². The molecule has 0 aromatic heterocycles. The fraction of sp³-hybridized carbons (Fsp3) is 0.409. The van der Waals surface area contributed by atoms with E-state index in [9.17, 15) is 21.6 Å². The van der Waals surface area contributed by atoms with Crippen LogP contribution in [0.5, 0.6) is 0 Å². The number of benzene rings is 2. The molecule has 2 aromatic carbocycles. The lowest BCUT2D eigenvalue weighted by molar-refractivity contribution is 0.102. The molecule has 9 nitrogen and oxygen atoms in total. The minimum Gasteiger partial charge on any atom is -0.322 e. The standard InChI is InChI=1S/C22H28N4O5S2/c1-2-25-12-14-26(15-13-25)33(30,31)20-10-8-18(9-11-20)23-22(27)17-4-3-5-21(16-17)32(28,29)24-19-6-7-19/h3-5,8-11,16,19,24H,2,6-7,12-15H2,1H3,(H,23,27). The summed E-state index contributed by atoms with van der Waals surface area (Å²) >= 11 is 0. The van der Waals surface area contributed by atoms with Gasteiger partial charge in [0.15, 0.2) is 0 Å². The maximum atomic E-state index is 12.9. The van der Waals surface area contributed by atoms with E-state index in [1.165, 1.54) is 52.8 Å². The second kappa shape index (κ2) is 9.51. The Morgan fingerprint density at radius 1 is 0.939 bits per heavy atom. The zero-order valence-corrected chi connectivity index (χ0v) is 20.0. The topological polar surface area (TPSA) is 116 Å². The van der Waals surface area contributed by atoms with Crippen molar-refractivity contribution in [3.05, 3.63) is 54.1 Å². The summed E-state index contributed by atoms with van der Waals surface area (Å²) in [7, 11) is -7.27. The second-order valence-corrected chi connectivity index (χ2v) is 11.9. The molecular weight excluding hydrogens is 464 g/mol. The molecule has 2 aromatic rings. The lowest BCUT2D eigenvalue weighted by Gasteiger charge is -2.33. The van der Waals surface area contributed by atoms with Gasteiger partial charge in [0.05, 0.1) is 9.79 Å². The highest BCUT2D eigenvalue weighted by atomic mass is 32.2. The number of rotatable bonds is 8. The van der Waals surface area contributed by atoms with Crippen molar-refractivity contribution in [1.82, 2.24) is 13.9 Å². The second-order valence-electron chi connectivity index (χ2n) is 8.24. The summed E-state index contributed by atoms with van der Waals surface area (Å²) in [6, 6.07) is 11.8. The normalized spacial score (nSPS) is 18.2. The van der Waals surface area contributed by atoms with E-state index in [1.54, 1.807) is 0 Å². The van der Waals surface area contributed by atoms with Crippen molar-refractivity contribution in [2.24, 2.45) is 0 Å². The van der Waals surface area contributed by atoms with Crippen molar-refractivity contribution in [1.29, 1.82) is 0 Å². The first kappa shape index (κ1) is 23.8. The zero-order chi connectivity index (χ0) is 23.6. The Balaban J connectivity index is 1.43. The van der Waals surface area contributed by atoms with Crippen LogP contribution in [0.2, 0.25) is 0 Å². The molecule has 1 heterocycles. The van der Waals surface area contributed by atoms with Crippen LogP contribution in [-0.4, -0.2) is 70.7 Å². The minimum atomic E-state index is -3.67. The van der Waals surface area contributed by atoms with E-state index in [4.69, 9.17) is 0 Å². The smallest absolute Gasteiger partial charge is 0.255 e. The van der Waals surface area contributed by atoms with E-state index in [0.29, 0.717) is 31.9 Å². The monoisotopic (exact) mass is 492 g/mol. The maximum absolute atomic E-state index is 12.9. The summed E-state index contributed by atoms with van der Waals surface area (Å²) < 4.78 is 54.7. The quantitative estimate of drug-likeness (QED) is 0.580. The average Bonchev–Trinajstić information content (AvgIpc) is 3.63. The average molecular weight is 493 g/mol. The van der Waals surface area contributed by atoms with E-state index < -0.39 is 26.0 Å². The van der Waals surface area contributed by atoms with Gasteiger partial charge in [-0.25, -0.2) is 21.6 Å². The van der Waals surface area contributed by atoms with E-state index in [2.05, 4.69) is 21.9 Å². The van der Waals surface area contributed by atoms with Crippen LogP contribution in [0.1, 0.15) is 30.1 Å². The first-order valence-corrected chi connectivity index (χ1v) is 13.9. The largest absolute Gasteiger partial charge is 0.322 e. The number of likely N-dealkylation sites (N-methyl/N-ethyl adjacent to an activating group) is 1. The van der Waals surface area contributed by atoms with E-state index >= 15 is 0 Å². The van der Waals surface area contributed by atoms with Gasteiger partial charge >= 0.3 is 0 Å². The van der Waals surface area contributed by atoms with E-state index in [0.717, 1.165) is 19.4 Å². The Morgan fingerprint density at radius 3 is 2.21 bits per heavy atom. The van der Waals surface area contributed by atoms with Crippen molar-refractivity contribution in [3.8, 4) is 0 Å². The number of carbonyl (C=O) groups is 1. The van der Waals surface area contributed by atoms with E-state index in [1.807, 2.05) is 0 Å². The summed E-state index contributed by atoms with van der Waals surface area (Å²) in [4.78, 5) is 15.1. The molecule has 11 heteroatoms. The van der Waals surface area contributed by atoms with E-state index in [-0.39, 0.29) is 21.4 Å². The van der Waals surface area contributed by atoms with Gasteiger partial charge in [-0.2, -0.15) is 4.31 Å². The highest BCUT2D eigenvalue weighted by Gasteiger charge is 2.29. The Labute approximate surface area is 194 Å². The Kier molecular flexibility index (Phi) is 6.87.